The standard InChI is InChI=1S/C14H21N3O/c1-14(2)8-3-9-17(14)10-11-4-6-12(7-5-11)13(18)16-15/h4-7H,3,8-10,15H2,1-2H3,(H,16,18). The summed E-state index contributed by atoms with van der Waals surface area (Å²) in [6.45, 7) is 6.67. The SMILES string of the molecule is CC1(C)CCCN1Cc1ccc(C(=O)NN)cc1. The number of nitrogen functional groups attached to an aromatic ring is 1. The van der Waals surface area contributed by atoms with E-state index in [2.05, 4.69) is 24.2 Å². The van der Waals surface area contributed by atoms with Crippen molar-refractivity contribution in [2.45, 2.75) is 38.8 Å². The molecule has 0 spiro atoms. The van der Waals surface area contributed by atoms with Gasteiger partial charge in [0.25, 0.3) is 5.91 Å². The molecular weight excluding hydrogens is 226 g/mol. The van der Waals surface area contributed by atoms with Crippen molar-refractivity contribution < 1.29 is 4.79 Å². The number of rotatable bonds is 3. The molecule has 1 fully saturated rings. The Balaban J connectivity index is 2.04. The summed E-state index contributed by atoms with van der Waals surface area (Å²) in [5.74, 6) is 4.85. The fourth-order valence-corrected chi connectivity index (χ4v) is 2.52. The molecule has 0 aliphatic carbocycles. The van der Waals surface area contributed by atoms with Gasteiger partial charge in [-0.25, -0.2) is 5.84 Å². The lowest BCUT2D eigenvalue weighted by atomic mass is 10.0. The molecule has 98 valence electrons. The van der Waals surface area contributed by atoms with Gasteiger partial charge in [0.1, 0.15) is 0 Å². The maximum absolute atomic E-state index is 11.3. The fourth-order valence-electron chi connectivity index (χ4n) is 2.52. The second-order valence-corrected chi connectivity index (χ2v) is 5.51. The molecule has 0 radical (unpaired) electrons. The lowest BCUT2D eigenvalue weighted by Crippen LogP contribution is -2.37. The molecule has 1 aromatic rings. The summed E-state index contributed by atoms with van der Waals surface area (Å²) in [4.78, 5) is 13.8. The Labute approximate surface area is 108 Å². The second-order valence-electron chi connectivity index (χ2n) is 5.51. The number of hydrogen-bond donors (Lipinski definition) is 2. The molecule has 1 saturated heterocycles. The Morgan fingerprint density at radius 3 is 2.56 bits per heavy atom. The van der Waals surface area contributed by atoms with Gasteiger partial charge in [0.05, 0.1) is 0 Å². The molecule has 0 saturated carbocycles. The molecule has 2 rings (SSSR count). The van der Waals surface area contributed by atoms with Crippen molar-refractivity contribution in [1.82, 2.24) is 10.3 Å². The number of benzene rings is 1. The van der Waals surface area contributed by atoms with Gasteiger partial charge in [-0.2, -0.15) is 0 Å². The molecule has 4 heteroatoms. The van der Waals surface area contributed by atoms with Crippen LogP contribution in [0.3, 0.4) is 0 Å². The highest BCUT2D eigenvalue weighted by atomic mass is 16.2. The minimum atomic E-state index is -0.247. The molecule has 0 aromatic heterocycles. The summed E-state index contributed by atoms with van der Waals surface area (Å²) < 4.78 is 0. The summed E-state index contributed by atoms with van der Waals surface area (Å²) in [5.41, 5.74) is 4.26. The van der Waals surface area contributed by atoms with Gasteiger partial charge in [0.2, 0.25) is 0 Å². The van der Waals surface area contributed by atoms with Crippen LogP contribution in [0, 0.1) is 0 Å². The molecular formula is C14H21N3O. The number of hydrazine groups is 1. The van der Waals surface area contributed by atoms with Gasteiger partial charge in [-0.05, 0) is 50.9 Å². The minimum Gasteiger partial charge on any atom is -0.294 e. The van der Waals surface area contributed by atoms with E-state index in [4.69, 9.17) is 5.84 Å². The van der Waals surface area contributed by atoms with Crippen LogP contribution in [-0.2, 0) is 6.54 Å². The molecule has 18 heavy (non-hydrogen) atoms. The number of hydrogen-bond acceptors (Lipinski definition) is 3. The van der Waals surface area contributed by atoms with Gasteiger partial charge < -0.3 is 0 Å². The van der Waals surface area contributed by atoms with E-state index >= 15 is 0 Å². The van der Waals surface area contributed by atoms with E-state index in [1.165, 1.54) is 18.4 Å². The van der Waals surface area contributed by atoms with Crippen LogP contribution < -0.4 is 11.3 Å². The number of nitrogens with zero attached hydrogens (tertiary/aromatic N) is 1. The first-order valence-electron chi connectivity index (χ1n) is 6.38. The first kappa shape index (κ1) is 13.1. The van der Waals surface area contributed by atoms with Crippen LogP contribution in [0.1, 0.15) is 42.6 Å². The number of carbonyl (C=O) groups excluding carboxylic acids is 1. The van der Waals surface area contributed by atoms with Crippen LogP contribution in [0.2, 0.25) is 0 Å². The van der Waals surface area contributed by atoms with Crippen LogP contribution in [0.25, 0.3) is 0 Å². The largest absolute Gasteiger partial charge is 0.294 e. The number of carbonyl (C=O) groups is 1. The van der Waals surface area contributed by atoms with Crippen molar-refractivity contribution >= 4 is 5.91 Å². The van der Waals surface area contributed by atoms with Gasteiger partial charge in [0, 0.05) is 17.6 Å². The fraction of sp³-hybridized carbons (Fsp3) is 0.500. The Morgan fingerprint density at radius 2 is 2.06 bits per heavy atom. The van der Waals surface area contributed by atoms with Gasteiger partial charge in [-0.1, -0.05) is 12.1 Å². The van der Waals surface area contributed by atoms with Crippen molar-refractivity contribution in [3.63, 3.8) is 0 Å². The van der Waals surface area contributed by atoms with Gasteiger partial charge in [0.15, 0.2) is 0 Å². The molecule has 3 N–H and O–H groups in total. The second kappa shape index (κ2) is 5.08. The van der Waals surface area contributed by atoms with E-state index in [0.29, 0.717) is 5.56 Å². The van der Waals surface area contributed by atoms with Gasteiger partial charge in [-0.3, -0.25) is 15.1 Å². The lowest BCUT2D eigenvalue weighted by Gasteiger charge is -2.31. The van der Waals surface area contributed by atoms with E-state index in [-0.39, 0.29) is 11.4 Å². The van der Waals surface area contributed by atoms with Crippen molar-refractivity contribution in [3.05, 3.63) is 35.4 Å². The Bertz CT molecular complexity index is 425. The van der Waals surface area contributed by atoms with Crippen LogP contribution in [-0.4, -0.2) is 22.9 Å². The van der Waals surface area contributed by atoms with Crippen LogP contribution in [0.4, 0.5) is 0 Å². The monoisotopic (exact) mass is 247 g/mol. The van der Waals surface area contributed by atoms with E-state index < -0.39 is 0 Å². The third kappa shape index (κ3) is 2.71. The summed E-state index contributed by atoms with van der Waals surface area (Å²) in [6.07, 6.45) is 2.52. The van der Waals surface area contributed by atoms with Crippen LogP contribution >= 0.6 is 0 Å². The van der Waals surface area contributed by atoms with E-state index in [1.54, 1.807) is 0 Å². The van der Waals surface area contributed by atoms with Crippen molar-refractivity contribution in [3.8, 4) is 0 Å². The average molecular weight is 247 g/mol. The Kier molecular flexibility index (Phi) is 3.68. The molecule has 0 bridgehead atoms. The summed E-state index contributed by atoms with van der Waals surface area (Å²) >= 11 is 0. The highest BCUT2D eigenvalue weighted by Crippen LogP contribution is 2.29. The normalized spacial score (nSPS) is 18.8. The van der Waals surface area contributed by atoms with Crippen molar-refractivity contribution in [1.29, 1.82) is 0 Å². The zero-order chi connectivity index (χ0) is 13.2. The van der Waals surface area contributed by atoms with Gasteiger partial charge >= 0.3 is 0 Å². The lowest BCUT2D eigenvalue weighted by molar-refractivity contribution is 0.0953. The Hall–Kier alpha value is -1.39. The third-order valence-electron chi connectivity index (χ3n) is 3.79. The maximum atomic E-state index is 11.3. The number of nitrogens with one attached hydrogen (secondary N) is 1. The minimum absolute atomic E-state index is 0.247. The molecule has 1 heterocycles. The summed E-state index contributed by atoms with van der Waals surface area (Å²) in [6, 6.07) is 7.64. The van der Waals surface area contributed by atoms with Crippen LogP contribution in [0.15, 0.2) is 24.3 Å². The topological polar surface area (TPSA) is 58.4 Å². The van der Waals surface area contributed by atoms with E-state index in [1.807, 2.05) is 24.3 Å². The Morgan fingerprint density at radius 1 is 1.39 bits per heavy atom. The smallest absolute Gasteiger partial charge is 0.265 e. The highest BCUT2D eigenvalue weighted by molar-refractivity contribution is 5.93. The first-order chi connectivity index (χ1) is 8.53. The molecule has 1 aromatic carbocycles. The predicted molar refractivity (Wildman–Crippen MR) is 71.8 cm³/mol. The number of likely N-dealkylation sites (tertiary alicyclic amines) is 1. The average Bonchev–Trinajstić information content (AvgIpc) is 2.69. The maximum Gasteiger partial charge on any atom is 0.265 e. The molecule has 1 aliphatic heterocycles. The predicted octanol–water partition coefficient (Wildman–Crippen LogP) is 1.66. The van der Waals surface area contributed by atoms with Crippen molar-refractivity contribution in [2.24, 2.45) is 5.84 Å². The first-order valence-corrected chi connectivity index (χ1v) is 6.38. The highest BCUT2D eigenvalue weighted by Gasteiger charge is 2.31. The van der Waals surface area contributed by atoms with E-state index in [9.17, 15) is 4.79 Å². The molecule has 0 unspecified atom stereocenters. The molecule has 1 amide bonds. The number of amides is 1. The molecule has 1 aliphatic rings. The molecule has 0 atom stereocenters. The summed E-state index contributed by atoms with van der Waals surface area (Å²) in [5, 5.41) is 0. The quantitative estimate of drug-likeness (QED) is 0.485. The number of nitrogens with two attached hydrogens (primary N) is 1. The zero-order valence-corrected chi connectivity index (χ0v) is 11.1. The van der Waals surface area contributed by atoms with Crippen LogP contribution in [0.5, 0.6) is 0 Å². The van der Waals surface area contributed by atoms with Gasteiger partial charge in [-0.15, -0.1) is 0 Å². The van der Waals surface area contributed by atoms with E-state index in [0.717, 1.165) is 13.1 Å². The summed E-state index contributed by atoms with van der Waals surface area (Å²) in [7, 11) is 0. The third-order valence-corrected chi connectivity index (χ3v) is 3.79. The zero-order valence-electron chi connectivity index (χ0n) is 11.1. The molecule has 4 nitrogen and oxygen atoms in total. The van der Waals surface area contributed by atoms with Crippen molar-refractivity contribution in [2.75, 3.05) is 6.54 Å².